The molecule has 1 heterocycles. The maximum atomic E-state index is 12.1. The number of sulfonamides is 1. The van der Waals surface area contributed by atoms with Crippen LogP contribution in [-0.4, -0.2) is 31.2 Å². The molecule has 4 aromatic rings. The molecule has 0 aliphatic heterocycles. The van der Waals surface area contributed by atoms with E-state index in [0.29, 0.717) is 29.4 Å². The molecule has 168 valence electrons. The predicted molar refractivity (Wildman–Crippen MR) is 127 cm³/mol. The van der Waals surface area contributed by atoms with E-state index in [-0.39, 0.29) is 10.9 Å². The number of ether oxygens (including phenoxy) is 1. The topological polar surface area (TPSA) is 124 Å². The molecule has 4 rings (SSSR count). The molecule has 0 aliphatic carbocycles. The summed E-state index contributed by atoms with van der Waals surface area (Å²) < 4.78 is 28.1. The fourth-order valence-electron chi connectivity index (χ4n) is 3.32. The van der Waals surface area contributed by atoms with E-state index in [1.165, 1.54) is 12.1 Å². The number of carbonyl (C=O) groups is 1. The number of nitrogens with one attached hydrogen (secondary N) is 1. The van der Waals surface area contributed by atoms with Crippen LogP contribution in [0.25, 0.3) is 22.0 Å². The zero-order valence-corrected chi connectivity index (χ0v) is 18.7. The van der Waals surface area contributed by atoms with Crippen molar-refractivity contribution in [1.82, 2.24) is 10.2 Å². The van der Waals surface area contributed by atoms with Crippen LogP contribution in [0.2, 0.25) is 0 Å². The zero-order valence-electron chi connectivity index (χ0n) is 17.9. The summed E-state index contributed by atoms with van der Waals surface area (Å²) in [5.41, 5.74) is 2.61. The zero-order chi connectivity index (χ0) is 23.4. The Morgan fingerprint density at radius 2 is 1.61 bits per heavy atom. The first kappa shape index (κ1) is 22.4. The molecule has 0 amide bonds. The Morgan fingerprint density at radius 3 is 2.24 bits per heavy atom. The maximum absolute atomic E-state index is 12.1. The second-order valence-corrected chi connectivity index (χ2v) is 8.91. The second kappa shape index (κ2) is 9.35. The van der Waals surface area contributed by atoms with E-state index in [1.54, 1.807) is 24.3 Å². The van der Waals surface area contributed by atoms with E-state index < -0.39 is 10.0 Å². The van der Waals surface area contributed by atoms with Crippen LogP contribution in [0.1, 0.15) is 23.7 Å². The molecule has 0 fully saturated rings. The summed E-state index contributed by atoms with van der Waals surface area (Å²) in [4.78, 5) is 12.1. The van der Waals surface area contributed by atoms with Gasteiger partial charge < -0.3 is 10.1 Å². The lowest BCUT2D eigenvalue weighted by molar-refractivity contribution is 0.0505. The Morgan fingerprint density at radius 1 is 0.939 bits per heavy atom. The highest BCUT2D eigenvalue weighted by Gasteiger charge is 2.13. The molecule has 33 heavy (non-hydrogen) atoms. The maximum Gasteiger partial charge on any atom is 0.338 e. The van der Waals surface area contributed by atoms with Crippen LogP contribution in [0.3, 0.4) is 0 Å². The summed E-state index contributed by atoms with van der Waals surface area (Å²) in [5.74, 6) is 0.171. The minimum absolute atomic E-state index is 0.0290. The Kier molecular flexibility index (Phi) is 6.34. The van der Waals surface area contributed by atoms with Gasteiger partial charge in [0, 0.05) is 22.0 Å². The number of primary sulfonamides is 1. The van der Waals surface area contributed by atoms with Gasteiger partial charge in [-0.15, -0.1) is 10.2 Å². The van der Waals surface area contributed by atoms with Crippen molar-refractivity contribution in [3.8, 4) is 11.3 Å². The second-order valence-electron chi connectivity index (χ2n) is 7.35. The highest BCUT2D eigenvalue weighted by molar-refractivity contribution is 7.89. The fraction of sp³-hybridized carbons (Fsp3) is 0.125. The molecule has 0 bridgehead atoms. The van der Waals surface area contributed by atoms with Crippen molar-refractivity contribution in [1.29, 1.82) is 0 Å². The Hall–Kier alpha value is -3.82. The summed E-state index contributed by atoms with van der Waals surface area (Å²) in [6, 6.07) is 20.8. The first-order valence-electron chi connectivity index (χ1n) is 10.3. The first-order valence-corrected chi connectivity index (χ1v) is 11.8. The van der Waals surface area contributed by atoms with Gasteiger partial charge in [0.15, 0.2) is 5.82 Å². The van der Waals surface area contributed by atoms with Crippen molar-refractivity contribution in [2.75, 3.05) is 11.9 Å². The Balaban J connectivity index is 1.65. The van der Waals surface area contributed by atoms with Crippen molar-refractivity contribution in [2.45, 2.75) is 18.2 Å². The minimum Gasteiger partial charge on any atom is -0.462 e. The van der Waals surface area contributed by atoms with Gasteiger partial charge in [-0.3, -0.25) is 0 Å². The van der Waals surface area contributed by atoms with E-state index in [2.05, 4.69) is 15.5 Å². The van der Waals surface area contributed by atoms with Gasteiger partial charge in [0.1, 0.15) is 5.69 Å². The largest absolute Gasteiger partial charge is 0.462 e. The molecule has 0 atom stereocenters. The van der Waals surface area contributed by atoms with Crippen molar-refractivity contribution in [3.05, 3.63) is 78.4 Å². The lowest BCUT2D eigenvalue weighted by Crippen LogP contribution is -2.11. The number of nitrogens with zero attached hydrogens (tertiary/aromatic N) is 2. The lowest BCUT2D eigenvalue weighted by atomic mass is 10.0. The number of benzene rings is 3. The highest BCUT2D eigenvalue weighted by atomic mass is 32.2. The van der Waals surface area contributed by atoms with E-state index in [4.69, 9.17) is 9.88 Å². The van der Waals surface area contributed by atoms with E-state index in [9.17, 15) is 13.2 Å². The Labute approximate surface area is 191 Å². The molecular formula is C24H22N4O4S. The van der Waals surface area contributed by atoms with Crippen molar-refractivity contribution in [3.63, 3.8) is 0 Å². The van der Waals surface area contributed by atoms with Gasteiger partial charge in [0.2, 0.25) is 10.0 Å². The average molecular weight is 463 g/mol. The van der Waals surface area contributed by atoms with Gasteiger partial charge in [0.25, 0.3) is 0 Å². The van der Waals surface area contributed by atoms with Crippen LogP contribution in [-0.2, 0) is 14.8 Å². The van der Waals surface area contributed by atoms with Gasteiger partial charge >= 0.3 is 5.97 Å². The van der Waals surface area contributed by atoms with Gasteiger partial charge in [-0.05, 0) is 42.8 Å². The molecule has 0 radical (unpaired) electrons. The Bertz CT molecular complexity index is 1400. The van der Waals surface area contributed by atoms with Crippen molar-refractivity contribution in [2.24, 2.45) is 5.14 Å². The summed E-state index contributed by atoms with van der Waals surface area (Å²) in [6.07, 6.45) is 0.766. The minimum atomic E-state index is -3.76. The lowest BCUT2D eigenvalue weighted by Gasteiger charge is -2.12. The quantitative estimate of drug-likeness (QED) is 0.393. The number of fused-ring (bicyclic) bond motifs is 1. The van der Waals surface area contributed by atoms with E-state index in [0.717, 1.165) is 22.8 Å². The number of aromatic nitrogens is 2. The SMILES string of the molecule is CCCOC(=O)c1ccc(-c2nnc(Nc3ccc(S(N)(=O)=O)cc3)c3ccccc23)cc1. The van der Waals surface area contributed by atoms with Crippen molar-refractivity contribution < 1.29 is 17.9 Å². The third kappa shape index (κ3) is 5.00. The van der Waals surface area contributed by atoms with Gasteiger partial charge in [-0.25, -0.2) is 18.4 Å². The predicted octanol–water partition coefficient (Wildman–Crippen LogP) is 4.25. The molecule has 3 aromatic carbocycles. The molecule has 0 saturated carbocycles. The normalized spacial score (nSPS) is 11.3. The van der Waals surface area contributed by atoms with E-state index >= 15 is 0 Å². The standard InChI is InChI=1S/C24H22N4O4S/c1-2-15-32-24(29)17-9-7-16(8-10-17)22-20-5-3-4-6-21(20)23(28-27-22)26-18-11-13-19(14-12-18)33(25,30)31/h3-14H,2,15H2,1H3,(H,26,28)(H2,25,30,31). The van der Waals surface area contributed by atoms with Gasteiger partial charge in [0.05, 0.1) is 17.1 Å². The van der Waals surface area contributed by atoms with Gasteiger partial charge in [-0.2, -0.15) is 0 Å². The van der Waals surface area contributed by atoms with Crippen LogP contribution in [0.5, 0.6) is 0 Å². The van der Waals surface area contributed by atoms with Crippen molar-refractivity contribution >= 4 is 38.3 Å². The number of hydrogen-bond donors (Lipinski definition) is 2. The summed E-state index contributed by atoms with van der Waals surface area (Å²) in [6.45, 7) is 2.33. The molecule has 1 aromatic heterocycles. The monoisotopic (exact) mass is 462 g/mol. The number of esters is 1. The smallest absolute Gasteiger partial charge is 0.338 e. The number of hydrogen-bond acceptors (Lipinski definition) is 7. The van der Waals surface area contributed by atoms with Gasteiger partial charge in [-0.1, -0.05) is 43.3 Å². The molecular weight excluding hydrogens is 440 g/mol. The van der Waals surface area contributed by atoms with Crippen LogP contribution in [0.15, 0.2) is 77.7 Å². The molecule has 8 nitrogen and oxygen atoms in total. The van der Waals surface area contributed by atoms with Crippen LogP contribution in [0, 0.1) is 0 Å². The molecule has 9 heteroatoms. The number of anilines is 2. The molecule has 3 N–H and O–H groups in total. The number of nitrogens with two attached hydrogens (primary N) is 1. The van der Waals surface area contributed by atoms with Crippen LogP contribution >= 0.6 is 0 Å². The molecule has 0 unspecified atom stereocenters. The summed E-state index contributed by atoms with van der Waals surface area (Å²) in [7, 11) is -3.76. The van der Waals surface area contributed by atoms with Crippen LogP contribution in [0.4, 0.5) is 11.5 Å². The molecule has 0 saturated heterocycles. The third-order valence-electron chi connectivity index (χ3n) is 4.96. The number of rotatable bonds is 7. The van der Waals surface area contributed by atoms with E-state index in [1.807, 2.05) is 43.3 Å². The van der Waals surface area contributed by atoms with Crippen LogP contribution < -0.4 is 10.5 Å². The fourth-order valence-corrected chi connectivity index (χ4v) is 3.83. The first-order chi connectivity index (χ1) is 15.9. The third-order valence-corrected chi connectivity index (χ3v) is 5.89. The average Bonchev–Trinajstić information content (AvgIpc) is 2.83. The molecule has 0 spiro atoms. The summed E-state index contributed by atoms with van der Waals surface area (Å²) >= 11 is 0. The highest BCUT2D eigenvalue weighted by Crippen LogP contribution is 2.31. The number of carbonyl (C=O) groups excluding carboxylic acids is 1. The molecule has 0 aliphatic rings. The summed E-state index contributed by atoms with van der Waals surface area (Å²) in [5, 5.41) is 18.8.